The van der Waals surface area contributed by atoms with E-state index in [0.29, 0.717) is 6.04 Å². The molecule has 1 saturated heterocycles. The highest BCUT2D eigenvalue weighted by Gasteiger charge is 2.53. The number of nitrogens with zero attached hydrogens (tertiary/aromatic N) is 3. The van der Waals surface area contributed by atoms with E-state index in [1.165, 1.54) is 33.8 Å². The normalized spacial score (nSPS) is 23.9. The van der Waals surface area contributed by atoms with Crippen LogP contribution in [-0.4, -0.2) is 66.7 Å². The van der Waals surface area contributed by atoms with Crippen molar-refractivity contribution in [3.05, 3.63) is 77.4 Å². The van der Waals surface area contributed by atoms with Crippen molar-refractivity contribution in [2.45, 2.75) is 36.9 Å². The van der Waals surface area contributed by atoms with Gasteiger partial charge in [0.05, 0.1) is 6.54 Å². The number of piperidine rings is 1. The average Bonchev–Trinajstić information content (AvgIpc) is 3.39. The molecule has 0 bridgehead atoms. The number of fused-ring (bicyclic) bond motifs is 1. The summed E-state index contributed by atoms with van der Waals surface area (Å²) in [6, 6.07) is 21.5. The van der Waals surface area contributed by atoms with Crippen molar-refractivity contribution in [2.75, 3.05) is 38.6 Å². The minimum absolute atomic E-state index is 0.0595. The number of amides is 2. The number of likely N-dealkylation sites (tertiary alicyclic amines) is 1. The van der Waals surface area contributed by atoms with E-state index in [0.717, 1.165) is 43.6 Å². The van der Waals surface area contributed by atoms with Crippen molar-refractivity contribution in [3.63, 3.8) is 0 Å². The predicted molar refractivity (Wildman–Crippen MR) is 140 cm³/mol. The molecule has 3 aromatic rings. The van der Waals surface area contributed by atoms with Gasteiger partial charge in [0.25, 0.3) is 5.91 Å². The first-order valence-corrected chi connectivity index (χ1v) is 12.8. The fraction of sp³-hybridized carbons (Fsp3) is 0.379. The molecule has 2 atom stereocenters. The highest BCUT2D eigenvalue weighted by molar-refractivity contribution is 6.08. The van der Waals surface area contributed by atoms with Gasteiger partial charge in [-0.2, -0.15) is 0 Å². The van der Waals surface area contributed by atoms with Gasteiger partial charge in [-0.25, -0.2) is 4.79 Å². The molecule has 2 unspecified atom stereocenters. The summed E-state index contributed by atoms with van der Waals surface area (Å²) in [7, 11) is 3.26. The summed E-state index contributed by atoms with van der Waals surface area (Å²) in [5.41, 5.74) is 3.53. The number of nitrogens with one attached hydrogen (secondary N) is 1. The highest BCUT2D eigenvalue weighted by atomic mass is 16.4. The van der Waals surface area contributed by atoms with Crippen LogP contribution in [-0.2, 0) is 16.8 Å². The third-order valence-electron chi connectivity index (χ3n) is 8.54. The van der Waals surface area contributed by atoms with Crippen LogP contribution in [0.3, 0.4) is 0 Å². The Hall–Kier alpha value is -3.42. The van der Waals surface area contributed by atoms with Crippen LogP contribution in [0, 0.1) is 0 Å². The van der Waals surface area contributed by atoms with Gasteiger partial charge in [-0.3, -0.25) is 9.69 Å². The number of carboxylic acid groups (broad SMARTS) is 1. The molecule has 3 aromatic carbocycles. The zero-order valence-electron chi connectivity index (χ0n) is 20.8. The molecule has 2 N–H and O–H groups in total. The van der Waals surface area contributed by atoms with E-state index >= 15 is 0 Å². The third-order valence-corrected chi connectivity index (χ3v) is 8.54. The zero-order valence-corrected chi connectivity index (χ0v) is 20.8. The van der Waals surface area contributed by atoms with Crippen LogP contribution in [0.2, 0.25) is 0 Å². The zero-order chi connectivity index (χ0) is 25.0. The molecule has 0 spiro atoms. The number of benzene rings is 3. The lowest BCUT2D eigenvalue weighted by Crippen LogP contribution is -2.58. The molecular formula is C29H32N4O3. The average molecular weight is 485 g/mol. The number of hydrogen-bond donors (Lipinski definition) is 2. The Morgan fingerprint density at radius 3 is 2.53 bits per heavy atom. The molecule has 2 aliphatic heterocycles. The lowest BCUT2D eigenvalue weighted by atomic mass is 9.90. The second-order valence-electron chi connectivity index (χ2n) is 10.3. The van der Waals surface area contributed by atoms with Gasteiger partial charge in [-0.15, -0.1) is 0 Å². The first-order chi connectivity index (χ1) is 17.4. The van der Waals surface area contributed by atoms with Crippen LogP contribution >= 0.6 is 0 Å². The van der Waals surface area contributed by atoms with Gasteiger partial charge >= 0.3 is 6.09 Å². The first-order valence-electron chi connectivity index (χ1n) is 12.8. The maximum Gasteiger partial charge on any atom is 0.407 e. The summed E-state index contributed by atoms with van der Waals surface area (Å²) < 4.78 is 0. The number of para-hydroxylation sites is 1. The van der Waals surface area contributed by atoms with Crippen molar-refractivity contribution in [2.24, 2.45) is 0 Å². The molecule has 1 fully saturated rings. The van der Waals surface area contributed by atoms with Crippen molar-refractivity contribution < 1.29 is 14.7 Å². The molecule has 7 nitrogen and oxygen atoms in total. The van der Waals surface area contributed by atoms with Gasteiger partial charge in [0, 0.05) is 43.5 Å². The van der Waals surface area contributed by atoms with E-state index in [1.807, 2.05) is 29.2 Å². The smallest absolute Gasteiger partial charge is 0.407 e. The van der Waals surface area contributed by atoms with E-state index in [1.54, 1.807) is 7.05 Å². The lowest BCUT2D eigenvalue weighted by Gasteiger charge is -2.40. The molecule has 0 radical (unpaired) electrons. The summed E-state index contributed by atoms with van der Waals surface area (Å²) in [6.07, 6.45) is 1.76. The minimum Gasteiger partial charge on any atom is -0.465 e. The maximum absolute atomic E-state index is 14.0. The van der Waals surface area contributed by atoms with Gasteiger partial charge in [0.15, 0.2) is 0 Å². The molecule has 7 heteroatoms. The topological polar surface area (TPSA) is 76.1 Å². The fourth-order valence-corrected chi connectivity index (χ4v) is 6.73. The van der Waals surface area contributed by atoms with Crippen LogP contribution in [0.15, 0.2) is 60.7 Å². The van der Waals surface area contributed by atoms with Crippen LogP contribution in [0.25, 0.3) is 10.8 Å². The van der Waals surface area contributed by atoms with E-state index in [4.69, 9.17) is 0 Å². The van der Waals surface area contributed by atoms with Crippen molar-refractivity contribution in [1.82, 2.24) is 15.1 Å². The van der Waals surface area contributed by atoms with Gasteiger partial charge in [0.2, 0.25) is 0 Å². The first kappa shape index (κ1) is 23.0. The summed E-state index contributed by atoms with van der Waals surface area (Å²) >= 11 is 0. The Labute approximate surface area is 211 Å². The fourth-order valence-electron chi connectivity index (χ4n) is 6.73. The number of carbonyl (C=O) groups is 2. The van der Waals surface area contributed by atoms with Gasteiger partial charge in [-0.05, 0) is 54.3 Å². The minimum atomic E-state index is -1.08. The Bertz CT molecular complexity index is 1340. The third kappa shape index (κ3) is 3.33. The summed E-state index contributed by atoms with van der Waals surface area (Å²) in [6.45, 7) is 1.91. The van der Waals surface area contributed by atoms with Crippen molar-refractivity contribution >= 4 is 28.5 Å². The van der Waals surface area contributed by atoms with Crippen LogP contribution < -0.4 is 10.2 Å². The molecule has 186 valence electrons. The quantitative estimate of drug-likeness (QED) is 0.573. The van der Waals surface area contributed by atoms with Gasteiger partial charge in [-0.1, -0.05) is 54.6 Å². The summed E-state index contributed by atoms with van der Waals surface area (Å²) in [5.74, 6) is -0.0595. The molecule has 6 rings (SSSR count). The van der Waals surface area contributed by atoms with Crippen molar-refractivity contribution in [1.29, 1.82) is 0 Å². The number of carbonyl (C=O) groups excluding carboxylic acids is 1. The largest absolute Gasteiger partial charge is 0.465 e. The molecule has 2 heterocycles. The Morgan fingerprint density at radius 2 is 1.81 bits per heavy atom. The molecule has 3 aliphatic rings. The van der Waals surface area contributed by atoms with E-state index in [-0.39, 0.29) is 18.5 Å². The van der Waals surface area contributed by atoms with Crippen molar-refractivity contribution in [3.8, 4) is 0 Å². The van der Waals surface area contributed by atoms with Crippen LogP contribution in [0.5, 0.6) is 0 Å². The molecule has 1 aliphatic carbocycles. The second-order valence-corrected chi connectivity index (χ2v) is 10.3. The molecule has 0 aromatic heterocycles. The number of anilines is 1. The summed E-state index contributed by atoms with van der Waals surface area (Å²) in [4.78, 5) is 31.4. The van der Waals surface area contributed by atoms with Crippen LogP contribution in [0.4, 0.5) is 10.5 Å². The van der Waals surface area contributed by atoms with E-state index < -0.39 is 11.6 Å². The number of hydrogen-bond acceptors (Lipinski definition) is 4. The van der Waals surface area contributed by atoms with Gasteiger partial charge in [0.1, 0.15) is 5.54 Å². The second kappa shape index (κ2) is 8.61. The Kier molecular flexibility index (Phi) is 5.50. The highest BCUT2D eigenvalue weighted by Crippen LogP contribution is 2.45. The Morgan fingerprint density at radius 1 is 1.08 bits per heavy atom. The van der Waals surface area contributed by atoms with Gasteiger partial charge < -0.3 is 20.2 Å². The SMILES string of the molecule is CNC1(CN(C)C(=O)O)C(=O)N(C2CCN(C3Cc4cccc5cccc3c45)CC2)c2ccccc21. The maximum atomic E-state index is 14.0. The van der Waals surface area contributed by atoms with E-state index in [2.05, 4.69) is 46.6 Å². The predicted octanol–water partition coefficient (Wildman–Crippen LogP) is 3.97. The summed E-state index contributed by atoms with van der Waals surface area (Å²) in [5, 5.41) is 15.5. The lowest BCUT2D eigenvalue weighted by molar-refractivity contribution is -0.125. The van der Waals surface area contributed by atoms with E-state index in [9.17, 15) is 14.7 Å². The monoisotopic (exact) mass is 484 g/mol. The molecular weight excluding hydrogens is 452 g/mol. The van der Waals surface area contributed by atoms with Crippen LogP contribution in [0.1, 0.15) is 35.6 Å². The molecule has 0 saturated carbocycles. The number of rotatable bonds is 5. The standard InChI is InChI=1S/C29H32N4O3/c1-30-29(18-31(2)28(35)36)23-11-3-4-12-24(23)33(27(29)34)21-13-15-32(16-14-21)25-17-20-9-5-7-19-8-6-10-22(25)26(19)20/h3-12,21,25,30H,13-18H2,1-2H3,(H,35,36). The Balaban J connectivity index is 1.24. The number of likely N-dealkylation sites (N-methyl/N-ethyl adjacent to an activating group) is 2. The molecule has 36 heavy (non-hydrogen) atoms. The molecule has 2 amide bonds.